The van der Waals surface area contributed by atoms with E-state index in [1.807, 2.05) is 0 Å². The molecule has 6 nitrogen and oxygen atoms in total. The van der Waals surface area contributed by atoms with Gasteiger partial charge in [-0.15, -0.1) is 0 Å². The van der Waals surface area contributed by atoms with Gasteiger partial charge in [0.05, 0.1) is 24.9 Å². The van der Waals surface area contributed by atoms with Crippen LogP contribution in [0.25, 0.3) is 5.70 Å². The fourth-order valence-electron chi connectivity index (χ4n) is 1.73. The predicted molar refractivity (Wildman–Crippen MR) is 87.2 cm³/mol. The number of rotatable bonds is 7. The Balaban J connectivity index is 1.68. The highest BCUT2D eigenvalue weighted by Gasteiger charge is 2.07. The molecule has 0 atom stereocenters. The monoisotopic (exact) mass is 333 g/mol. The van der Waals surface area contributed by atoms with Crippen molar-refractivity contribution in [3.05, 3.63) is 65.6 Å². The first-order valence-corrected chi connectivity index (χ1v) is 7.21. The summed E-state index contributed by atoms with van der Waals surface area (Å²) in [5.41, 5.74) is 6.26. The summed E-state index contributed by atoms with van der Waals surface area (Å²) in [4.78, 5) is 23.4. The lowest BCUT2D eigenvalue weighted by atomic mass is 10.1. The van der Waals surface area contributed by atoms with Crippen LogP contribution in [0.15, 0.2) is 53.7 Å². The molecular formula is C16H16ClN3O3. The Morgan fingerprint density at radius 2 is 1.83 bits per heavy atom. The maximum atomic E-state index is 11.7. The number of hydrazine groups is 1. The minimum atomic E-state index is -0.401. The molecular weight excluding hydrogens is 318 g/mol. The van der Waals surface area contributed by atoms with Gasteiger partial charge < -0.3 is 9.73 Å². The summed E-state index contributed by atoms with van der Waals surface area (Å²) in [6.07, 6.45) is 1.68. The highest BCUT2D eigenvalue weighted by atomic mass is 35.5. The summed E-state index contributed by atoms with van der Waals surface area (Å²) < 4.78 is 5.11. The summed E-state index contributed by atoms with van der Waals surface area (Å²) in [5, 5.41) is 3.13. The van der Waals surface area contributed by atoms with Gasteiger partial charge in [0.25, 0.3) is 5.91 Å². The van der Waals surface area contributed by atoms with Gasteiger partial charge in [-0.3, -0.25) is 20.4 Å². The molecule has 0 aliphatic carbocycles. The van der Waals surface area contributed by atoms with Crippen LogP contribution < -0.4 is 16.2 Å². The van der Waals surface area contributed by atoms with Crippen molar-refractivity contribution in [2.45, 2.75) is 6.42 Å². The molecule has 0 aliphatic heterocycles. The molecule has 0 unspecified atom stereocenters. The van der Waals surface area contributed by atoms with E-state index in [1.165, 1.54) is 6.26 Å². The fraction of sp³-hybridized carbons (Fsp3) is 0.125. The fourth-order valence-corrected chi connectivity index (χ4v) is 1.86. The minimum Gasteiger partial charge on any atom is -0.463 e. The average Bonchev–Trinajstić information content (AvgIpc) is 3.07. The molecule has 1 aromatic heterocycles. The molecule has 2 aromatic rings. The van der Waals surface area contributed by atoms with Crippen molar-refractivity contribution in [2.24, 2.45) is 0 Å². The molecule has 7 heteroatoms. The number of hydrogen-bond acceptors (Lipinski definition) is 4. The summed E-state index contributed by atoms with van der Waals surface area (Å²) in [6.45, 7) is 3.56. The van der Waals surface area contributed by atoms with Crippen molar-refractivity contribution in [3.63, 3.8) is 0 Å². The maximum Gasteiger partial charge on any atom is 0.257 e. The number of hydrogen-bond donors (Lipinski definition) is 3. The molecule has 0 spiro atoms. The van der Waals surface area contributed by atoms with E-state index in [9.17, 15) is 9.59 Å². The van der Waals surface area contributed by atoms with Crippen LogP contribution in [0.3, 0.4) is 0 Å². The zero-order valence-corrected chi connectivity index (χ0v) is 13.0. The minimum absolute atomic E-state index is 0.148. The number of amides is 2. The van der Waals surface area contributed by atoms with Gasteiger partial charge in [0.1, 0.15) is 0 Å². The topological polar surface area (TPSA) is 83.4 Å². The van der Waals surface area contributed by atoms with E-state index in [1.54, 1.807) is 36.4 Å². The lowest BCUT2D eigenvalue weighted by Crippen LogP contribution is -2.43. The lowest BCUT2D eigenvalue weighted by Gasteiger charge is -2.10. The number of carbonyl (C=O) groups is 2. The third-order valence-electron chi connectivity index (χ3n) is 2.90. The molecule has 23 heavy (non-hydrogen) atoms. The van der Waals surface area contributed by atoms with Gasteiger partial charge in [0.15, 0.2) is 5.76 Å². The van der Waals surface area contributed by atoms with Crippen molar-refractivity contribution >= 4 is 29.1 Å². The SMILES string of the molecule is C=C(NNC(=O)CNC(=O)Cc1ccc(Cl)cc1)c1ccco1. The number of benzene rings is 1. The molecule has 0 aliphatic rings. The smallest absolute Gasteiger partial charge is 0.257 e. The molecule has 1 heterocycles. The Morgan fingerprint density at radius 1 is 1.09 bits per heavy atom. The molecule has 0 radical (unpaired) electrons. The molecule has 2 rings (SSSR count). The van der Waals surface area contributed by atoms with Gasteiger partial charge in [-0.05, 0) is 29.8 Å². The van der Waals surface area contributed by atoms with Crippen LogP contribution >= 0.6 is 11.6 Å². The Labute approximate surface area is 138 Å². The van der Waals surface area contributed by atoms with Gasteiger partial charge in [-0.1, -0.05) is 30.3 Å². The molecule has 120 valence electrons. The Kier molecular flexibility index (Phi) is 5.82. The third-order valence-corrected chi connectivity index (χ3v) is 3.15. The van der Waals surface area contributed by atoms with E-state index in [-0.39, 0.29) is 18.9 Å². The van der Waals surface area contributed by atoms with E-state index in [2.05, 4.69) is 22.7 Å². The van der Waals surface area contributed by atoms with Gasteiger partial charge in [-0.2, -0.15) is 0 Å². The predicted octanol–water partition coefficient (Wildman–Crippen LogP) is 1.88. The first kappa shape index (κ1) is 16.6. The van der Waals surface area contributed by atoms with Crippen molar-refractivity contribution in [3.8, 4) is 0 Å². The highest BCUT2D eigenvalue weighted by molar-refractivity contribution is 6.30. The van der Waals surface area contributed by atoms with Gasteiger partial charge in [0, 0.05) is 5.02 Å². The third kappa shape index (κ3) is 5.52. The lowest BCUT2D eigenvalue weighted by molar-refractivity contribution is -0.126. The number of furan rings is 1. The van der Waals surface area contributed by atoms with Crippen LogP contribution in [0, 0.1) is 0 Å². The largest absolute Gasteiger partial charge is 0.463 e. The quantitative estimate of drug-likeness (QED) is 0.676. The maximum absolute atomic E-state index is 11.7. The van der Waals surface area contributed by atoms with Crippen molar-refractivity contribution in [2.75, 3.05) is 6.54 Å². The van der Waals surface area contributed by atoms with Crippen LogP contribution in [0.5, 0.6) is 0 Å². The van der Waals surface area contributed by atoms with Gasteiger partial charge in [-0.25, -0.2) is 0 Å². The van der Waals surface area contributed by atoms with Crippen LogP contribution in [0.2, 0.25) is 5.02 Å². The standard InChI is InChI=1S/C16H16ClN3O3/c1-11(14-3-2-8-23-14)19-20-16(22)10-18-15(21)9-12-4-6-13(17)7-5-12/h2-8,19H,1,9-10H2,(H,18,21)(H,20,22). The molecule has 2 amide bonds. The second kappa shape index (κ2) is 8.05. The average molecular weight is 334 g/mol. The zero-order valence-electron chi connectivity index (χ0n) is 12.3. The number of nitrogens with one attached hydrogen (secondary N) is 3. The van der Waals surface area contributed by atoms with Crippen LogP contribution in [-0.2, 0) is 16.0 Å². The summed E-state index contributed by atoms with van der Waals surface area (Å²) in [6, 6.07) is 10.4. The van der Waals surface area contributed by atoms with Crippen molar-refractivity contribution in [1.82, 2.24) is 16.2 Å². The Morgan fingerprint density at radius 3 is 2.48 bits per heavy atom. The molecule has 0 saturated heterocycles. The molecule has 0 fully saturated rings. The van der Waals surface area contributed by atoms with Crippen LogP contribution in [0.4, 0.5) is 0 Å². The Hall–Kier alpha value is -2.73. The first-order valence-electron chi connectivity index (χ1n) is 6.83. The number of halogens is 1. The first-order chi connectivity index (χ1) is 11.0. The van der Waals surface area contributed by atoms with Crippen molar-refractivity contribution in [1.29, 1.82) is 0 Å². The normalized spacial score (nSPS) is 9.96. The van der Waals surface area contributed by atoms with Gasteiger partial charge >= 0.3 is 0 Å². The van der Waals surface area contributed by atoms with Crippen LogP contribution in [-0.4, -0.2) is 18.4 Å². The van der Waals surface area contributed by atoms with Crippen molar-refractivity contribution < 1.29 is 14.0 Å². The molecule has 0 bridgehead atoms. The van der Waals surface area contributed by atoms with E-state index in [4.69, 9.17) is 16.0 Å². The molecule has 3 N–H and O–H groups in total. The zero-order chi connectivity index (χ0) is 16.7. The second-order valence-electron chi connectivity index (χ2n) is 4.71. The van der Waals surface area contributed by atoms with E-state index < -0.39 is 5.91 Å². The van der Waals surface area contributed by atoms with E-state index in [0.717, 1.165) is 5.56 Å². The summed E-state index contributed by atoms with van der Waals surface area (Å²) in [5.74, 6) is -0.147. The summed E-state index contributed by atoms with van der Waals surface area (Å²) >= 11 is 5.77. The highest BCUT2D eigenvalue weighted by Crippen LogP contribution is 2.10. The second-order valence-corrected chi connectivity index (χ2v) is 5.15. The van der Waals surface area contributed by atoms with Gasteiger partial charge in [0.2, 0.25) is 5.91 Å². The molecule has 0 saturated carbocycles. The van der Waals surface area contributed by atoms with E-state index >= 15 is 0 Å². The Bertz CT molecular complexity index is 681. The number of carbonyl (C=O) groups excluding carboxylic acids is 2. The van der Waals surface area contributed by atoms with Crippen LogP contribution in [0.1, 0.15) is 11.3 Å². The summed E-state index contributed by atoms with van der Waals surface area (Å²) in [7, 11) is 0. The molecule has 1 aromatic carbocycles. The van der Waals surface area contributed by atoms with E-state index in [0.29, 0.717) is 16.5 Å².